The highest BCUT2D eigenvalue weighted by atomic mass is 79.9. The Bertz CT molecular complexity index is 728. The lowest BCUT2D eigenvalue weighted by Gasteiger charge is -2.14. The zero-order chi connectivity index (χ0) is 17.0. The van der Waals surface area contributed by atoms with E-state index in [1.54, 1.807) is 13.0 Å². The monoisotopic (exact) mass is 380 g/mol. The second-order valence-corrected chi connectivity index (χ2v) is 6.05. The standard InChI is InChI=1S/C18H18BrFO3/c1-4-18(21)23-16-7-5-6-15(20)13(16)10-22-17-9-12(3)11(2)8-14(17)19/h5-9H,4,10H2,1-3H3. The molecule has 0 fully saturated rings. The normalized spacial score (nSPS) is 10.5. The van der Waals surface area contributed by atoms with E-state index in [9.17, 15) is 9.18 Å². The van der Waals surface area contributed by atoms with Crippen molar-refractivity contribution < 1.29 is 18.7 Å². The Balaban J connectivity index is 2.23. The van der Waals surface area contributed by atoms with Gasteiger partial charge >= 0.3 is 5.97 Å². The lowest BCUT2D eigenvalue weighted by molar-refractivity contribution is -0.134. The average molecular weight is 381 g/mol. The van der Waals surface area contributed by atoms with Crippen molar-refractivity contribution >= 4 is 21.9 Å². The summed E-state index contributed by atoms with van der Waals surface area (Å²) in [5.74, 6) is -0.0727. The van der Waals surface area contributed by atoms with Gasteiger partial charge in [0.1, 0.15) is 23.9 Å². The summed E-state index contributed by atoms with van der Waals surface area (Å²) in [5.41, 5.74) is 2.43. The Morgan fingerprint density at radius 3 is 2.57 bits per heavy atom. The van der Waals surface area contributed by atoms with E-state index in [1.807, 2.05) is 26.0 Å². The highest BCUT2D eigenvalue weighted by Crippen LogP contribution is 2.30. The van der Waals surface area contributed by atoms with Crippen LogP contribution in [0.1, 0.15) is 30.0 Å². The molecule has 0 heterocycles. The quantitative estimate of drug-likeness (QED) is 0.534. The summed E-state index contributed by atoms with van der Waals surface area (Å²) >= 11 is 3.44. The molecule has 0 aromatic heterocycles. The first-order valence-electron chi connectivity index (χ1n) is 7.30. The van der Waals surface area contributed by atoms with Crippen LogP contribution >= 0.6 is 15.9 Å². The van der Waals surface area contributed by atoms with Gasteiger partial charge in [-0.25, -0.2) is 4.39 Å². The van der Waals surface area contributed by atoms with Crippen LogP contribution in [0.3, 0.4) is 0 Å². The number of esters is 1. The van der Waals surface area contributed by atoms with Crippen LogP contribution in [-0.4, -0.2) is 5.97 Å². The van der Waals surface area contributed by atoms with Gasteiger partial charge in [-0.2, -0.15) is 0 Å². The van der Waals surface area contributed by atoms with Crippen molar-refractivity contribution in [3.05, 3.63) is 57.3 Å². The fourth-order valence-corrected chi connectivity index (χ4v) is 2.56. The maximum absolute atomic E-state index is 14.1. The molecule has 0 saturated carbocycles. The zero-order valence-electron chi connectivity index (χ0n) is 13.3. The van der Waals surface area contributed by atoms with Gasteiger partial charge in [0.2, 0.25) is 0 Å². The van der Waals surface area contributed by atoms with E-state index in [0.29, 0.717) is 5.75 Å². The molecular weight excluding hydrogens is 363 g/mol. The summed E-state index contributed by atoms with van der Waals surface area (Å²) in [6.07, 6.45) is 0.222. The van der Waals surface area contributed by atoms with Crippen LogP contribution in [0.25, 0.3) is 0 Å². The van der Waals surface area contributed by atoms with Crippen LogP contribution in [0.2, 0.25) is 0 Å². The Labute approximate surface area is 143 Å². The second-order valence-electron chi connectivity index (χ2n) is 5.20. The van der Waals surface area contributed by atoms with Gasteiger partial charge in [-0.1, -0.05) is 13.0 Å². The predicted octanol–water partition coefficient (Wildman–Crippen LogP) is 5.10. The van der Waals surface area contributed by atoms with Gasteiger partial charge in [0.15, 0.2) is 0 Å². The third-order valence-electron chi connectivity index (χ3n) is 3.51. The molecule has 0 spiro atoms. The number of halogens is 2. The maximum atomic E-state index is 14.1. The summed E-state index contributed by atoms with van der Waals surface area (Å²) in [6.45, 7) is 5.64. The highest BCUT2D eigenvalue weighted by Gasteiger charge is 2.14. The highest BCUT2D eigenvalue weighted by molar-refractivity contribution is 9.10. The third-order valence-corrected chi connectivity index (χ3v) is 4.13. The molecule has 2 rings (SSSR count). The minimum atomic E-state index is -0.466. The van der Waals surface area contributed by atoms with Crippen molar-refractivity contribution in [1.29, 1.82) is 0 Å². The molecule has 0 aliphatic carbocycles. The van der Waals surface area contributed by atoms with Crippen LogP contribution in [0.5, 0.6) is 11.5 Å². The maximum Gasteiger partial charge on any atom is 0.310 e. The molecule has 2 aromatic carbocycles. The van der Waals surface area contributed by atoms with Crippen molar-refractivity contribution in [3.8, 4) is 11.5 Å². The molecular formula is C18H18BrFO3. The van der Waals surface area contributed by atoms with Crippen LogP contribution in [0, 0.1) is 19.7 Å². The molecule has 5 heteroatoms. The van der Waals surface area contributed by atoms with Crippen molar-refractivity contribution in [2.24, 2.45) is 0 Å². The van der Waals surface area contributed by atoms with Crippen LogP contribution < -0.4 is 9.47 Å². The SMILES string of the molecule is CCC(=O)Oc1cccc(F)c1COc1cc(C)c(C)cc1Br. The smallest absolute Gasteiger partial charge is 0.310 e. The Hall–Kier alpha value is -1.88. The summed E-state index contributed by atoms with van der Waals surface area (Å²) in [7, 11) is 0. The van der Waals surface area contributed by atoms with Gasteiger partial charge in [-0.05, 0) is 65.2 Å². The first kappa shape index (κ1) is 17.5. The van der Waals surface area contributed by atoms with E-state index in [1.165, 1.54) is 12.1 Å². The van der Waals surface area contributed by atoms with E-state index in [0.717, 1.165) is 15.6 Å². The summed E-state index contributed by atoms with van der Waals surface area (Å²) < 4.78 is 25.7. The lowest BCUT2D eigenvalue weighted by Crippen LogP contribution is -2.10. The van der Waals surface area contributed by atoms with E-state index in [4.69, 9.17) is 9.47 Å². The molecule has 0 aliphatic rings. The fraction of sp³-hybridized carbons (Fsp3) is 0.278. The topological polar surface area (TPSA) is 35.5 Å². The molecule has 23 heavy (non-hydrogen) atoms. The summed E-state index contributed by atoms with van der Waals surface area (Å²) in [4.78, 5) is 11.5. The van der Waals surface area contributed by atoms with Crippen molar-refractivity contribution in [1.82, 2.24) is 0 Å². The van der Waals surface area contributed by atoms with Gasteiger partial charge in [0.25, 0.3) is 0 Å². The first-order valence-corrected chi connectivity index (χ1v) is 8.09. The van der Waals surface area contributed by atoms with E-state index in [-0.39, 0.29) is 24.3 Å². The molecule has 0 radical (unpaired) electrons. The number of carbonyl (C=O) groups excluding carboxylic acids is 1. The average Bonchev–Trinajstić information content (AvgIpc) is 2.51. The molecule has 0 atom stereocenters. The third kappa shape index (κ3) is 4.32. The van der Waals surface area contributed by atoms with Crippen molar-refractivity contribution in [2.45, 2.75) is 33.8 Å². The molecule has 0 bridgehead atoms. The van der Waals surface area contributed by atoms with Gasteiger partial charge in [0, 0.05) is 6.42 Å². The van der Waals surface area contributed by atoms with Gasteiger partial charge in [-0.15, -0.1) is 0 Å². The molecule has 3 nitrogen and oxygen atoms in total. The number of rotatable bonds is 5. The number of hydrogen-bond acceptors (Lipinski definition) is 3. The number of ether oxygens (including phenoxy) is 2. The van der Waals surface area contributed by atoms with Crippen molar-refractivity contribution in [2.75, 3.05) is 0 Å². The van der Waals surface area contributed by atoms with E-state index < -0.39 is 11.8 Å². The second kappa shape index (κ2) is 7.59. The van der Waals surface area contributed by atoms with E-state index >= 15 is 0 Å². The van der Waals surface area contributed by atoms with Gasteiger partial charge < -0.3 is 9.47 Å². The molecule has 0 N–H and O–H groups in total. The number of benzene rings is 2. The fourth-order valence-electron chi connectivity index (χ4n) is 1.98. The molecule has 0 aliphatic heterocycles. The minimum absolute atomic E-state index is 0.0277. The summed E-state index contributed by atoms with van der Waals surface area (Å²) in [6, 6.07) is 8.22. The molecule has 122 valence electrons. The largest absolute Gasteiger partial charge is 0.487 e. The van der Waals surface area contributed by atoms with Gasteiger partial charge in [-0.3, -0.25) is 4.79 Å². The number of carbonyl (C=O) groups is 1. The first-order chi connectivity index (χ1) is 10.9. The van der Waals surface area contributed by atoms with Crippen LogP contribution in [0.15, 0.2) is 34.8 Å². The van der Waals surface area contributed by atoms with Crippen molar-refractivity contribution in [3.63, 3.8) is 0 Å². The molecule has 0 amide bonds. The summed E-state index contributed by atoms with van der Waals surface area (Å²) in [5, 5.41) is 0. The lowest BCUT2D eigenvalue weighted by atomic mass is 10.1. The number of aryl methyl sites for hydroxylation is 2. The Kier molecular flexibility index (Phi) is 5.77. The Morgan fingerprint density at radius 1 is 1.17 bits per heavy atom. The van der Waals surface area contributed by atoms with Crippen LogP contribution in [-0.2, 0) is 11.4 Å². The molecule has 0 unspecified atom stereocenters. The molecule has 2 aromatic rings. The minimum Gasteiger partial charge on any atom is -0.487 e. The van der Waals surface area contributed by atoms with E-state index in [2.05, 4.69) is 15.9 Å². The predicted molar refractivity (Wildman–Crippen MR) is 90.3 cm³/mol. The number of hydrogen-bond donors (Lipinski definition) is 0. The van der Waals surface area contributed by atoms with Crippen LogP contribution in [0.4, 0.5) is 4.39 Å². The van der Waals surface area contributed by atoms with Gasteiger partial charge in [0.05, 0.1) is 10.0 Å². The zero-order valence-corrected chi connectivity index (χ0v) is 14.9. The Morgan fingerprint density at radius 2 is 1.87 bits per heavy atom. The molecule has 0 saturated heterocycles.